The first-order chi connectivity index (χ1) is 11.2. The molecule has 23 heavy (non-hydrogen) atoms. The maximum absolute atomic E-state index is 12.4. The standard InChI is InChI=1S/C16H23N5OS/c1-3-4-13-9-12(10-23-13)16(22)18-11(2)15-20-19-14-5-6-17-7-8-21(14)15/h9-11,17H,3-8H2,1-2H3,(H,18,22). The lowest BCUT2D eigenvalue weighted by Crippen LogP contribution is -2.29. The lowest BCUT2D eigenvalue weighted by Gasteiger charge is -2.14. The summed E-state index contributed by atoms with van der Waals surface area (Å²) in [6, 6.07) is 1.83. The summed E-state index contributed by atoms with van der Waals surface area (Å²) in [6.45, 7) is 6.79. The summed E-state index contributed by atoms with van der Waals surface area (Å²) in [4.78, 5) is 13.7. The van der Waals surface area contributed by atoms with E-state index in [-0.39, 0.29) is 11.9 Å². The van der Waals surface area contributed by atoms with Gasteiger partial charge in [-0.25, -0.2) is 0 Å². The van der Waals surface area contributed by atoms with Crippen LogP contribution in [-0.2, 0) is 19.4 Å². The molecule has 1 amide bonds. The fourth-order valence-electron chi connectivity index (χ4n) is 2.84. The summed E-state index contributed by atoms with van der Waals surface area (Å²) >= 11 is 1.65. The maximum atomic E-state index is 12.4. The molecule has 0 aromatic carbocycles. The molecule has 1 atom stereocenters. The number of rotatable bonds is 5. The van der Waals surface area contributed by atoms with Crippen LogP contribution in [0.1, 0.15) is 53.2 Å². The van der Waals surface area contributed by atoms with Crippen molar-refractivity contribution in [1.29, 1.82) is 0 Å². The zero-order chi connectivity index (χ0) is 16.2. The predicted molar refractivity (Wildman–Crippen MR) is 90.8 cm³/mol. The van der Waals surface area contributed by atoms with E-state index < -0.39 is 0 Å². The summed E-state index contributed by atoms with van der Waals surface area (Å²) in [6.07, 6.45) is 2.99. The maximum Gasteiger partial charge on any atom is 0.252 e. The van der Waals surface area contributed by atoms with E-state index in [0.717, 1.165) is 56.1 Å². The van der Waals surface area contributed by atoms with Gasteiger partial charge in [-0.3, -0.25) is 4.79 Å². The quantitative estimate of drug-likeness (QED) is 0.877. The summed E-state index contributed by atoms with van der Waals surface area (Å²) in [5, 5.41) is 16.9. The van der Waals surface area contributed by atoms with Crippen molar-refractivity contribution in [2.45, 2.75) is 45.7 Å². The fraction of sp³-hybridized carbons (Fsp3) is 0.562. The third kappa shape index (κ3) is 3.61. The highest BCUT2D eigenvalue weighted by Gasteiger charge is 2.21. The van der Waals surface area contributed by atoms with Crippen molar-refractivity contribution in [3.8, 4) is 0 Å². The van der Waals surface area contributed by atoms with E-state index in [9.17, 15) is 4.79 Å². The molecule has 2 aromatic rings. The van der Waals surface area contributed by atoms with Gasteiger partial charge in [-0.15, -0.1) is 21.5 Å². The van der Waals surface area contributed by atoms with Gasteiger partial charge in [0.15, 0.2) is 5.82 Å². The number of amides is 1. The number of nitrogens with zero attached hydrogens (tertiary/aromatic N) is 3. The van der Waals surface area contributed by atoms with Crippen LogP contribution in [0.2, 0.25) is 0 Å². The normalized spacial score (nSPS) is 15.7. The molecule has 1 aliphatic rings. The molecule has 6 nitrogen and oxygen atoms in total. The van der Waals surface area contributed by atoms with Crippen molar-refractivity contribution in [3.63, 3.8) is 0 Å². The number of nitrogens with one attached hydrogen (secondary N) is 2. The second-order valence-corrected chi connectivity index (χ2v) is 6.87. The monoisotopic (exact) mass is 333 g/mol. The van der Waals surface area contributed by atoms with E-state index in [1.807, 2.05) is 18.4 Å². The Hall–Kier alpha value is -1.73. The Labute approximate surface area is 140 Å². The van der Waals surface area contributed by atoms with Gasteiger partial charge in [-0.05, 0) is 19.4 Å². The van der Waals surface area contributed by atoms with Crippen molar-refractivity contribution in [2.24, 2.45) is 0 Å². The van der Waals surface area contributed by atoms with Crippen molar-refractivity contribution in [1.82, 2.24) is 25.4 Å². The number of hydrogen-bond donors (Lipinski definition) is 2. The third-order valence-electron chi connectivity index (χ3n) is 4.04. The molecule has 0 fully saturated rings. The van der Waals surface area contributed by atoms with Crippen LogP contribution < -0.4 is 10.6 Å². The molecule has 0 aliphatic carbocycles. The minimum atomic E-state index is -0.156. The molecule has 0 saturated carbocycles. The Kier molecular flexibility index (Phi) is 5.07. The molecule has 0 saturated heterocycles. The molecule has 7 heteroatoms. The van der Waals surface area contributed by atoms with E-state index in [4.69, 9.17) is 0 Å². The van der Waals surface area contributed by atoms with Crippen molar-refractivity contribution >= 4 is 17.2 Å². The highest BCUT2D eigenvalue weighted by molar-refractivity contribution is 7.10. The van der Waals surface area contributed by atoms with Crippen LogP contribution in [0.25, 0.3) is 0 Å². The number of carbonyl (C=O) groups is 1. The predicted octanol–water partition coefficient (Wildman–Crippen LogP) is 1.93. The highest BCUT2D eigenvalue weighted by Crippen LogP contribution is 2.18. The molecule has 1 aliphatic heterocycles. The van der Waals surface area contributed by atoms with Gasteiger partial charge in [0.2, 0.25) is 0 Å². The second-order valence-electron chi connectivity index (χ2n) is 5.87. The van der Waals surface area contributed by atoms with Gasteiger partial charge >= 0.3 is 0 Å². The van der Waals surface area contributed by atoms with E-state index in [1.54, 1.807) is 11.3 Å². The van der Waals surface area contributed by atoms with Gasteiger partial charge in [0.1, 0.15) is 5.82 Å². The highest BCUT2D eigenvalue weighted by atomic mass is 32.1. The molecular weight excluding hydrogens is 310 g/mol. The average Bonchev–Trinajstić information content (AvgIpc) is 3.09. The van der Waals surface area contributed by atoms with Crippen LogP contribution in [0.5, 0.6) is 0 Å². The number of thiophene rings is 1. The molecule has 2 aromatic heterocycles. The third-order valence-corrected chi connectivity index (χ3v) is 5.04. The largest absolute Gasteiger partial charge is 0.342 e. The Morgan fingerprint density at radius 1 is 1.48 bits per heavy atom. The van der Waals surface area contributed by atoms with Crippen LogP contribution >= 0.6 is 11.3 Å². The van der Waals surface area contributed by atoms with Crippen LogP contribution in [-0.4, -0.2) is 33.8 Å². The molecular formula is C16H23N5OS. The van der Waals surface area contributed by atoms with E-state index >= 15 is 0 Å². The van der Waals surface area contributed by atoms with Gasteiger partial charge in [-0.2, -0.15) is 0 Å². The van der Waals surface area contributed by atoms with Crippen LogP contribution in [0.4, 0.5) is 0 Å². The van der Waals surface area contributed by atoms with E-state index in [0.29, 0.717) is 0 Å². The summed E-state index contributed by atoms with van der Waals surface area (Å²) < 4.78 is 2.13. The number of aryl methyl sites for hydroxylation is 1. The van der Waals surface area contributed by atoms with Gasteiger partial charge in [0, 0.05) is 36.3 Å². The number of aromatic nitrogens is 3. The number of carbonyl (C=O) groups excluding carboxylic acids is 1. The number of fused-ring (bicyclic) bond motifs is 1. The van der Waals surface area contributed by atoms with Crippen LogP contribution in [0.15, 0.2) is 11.4 Å². The molecule has 0 radical (unpaired) electrons. The van der Waals surface area contributed by atoms with Gasteiger partial charge in [0.25, 0.3) is 5.91 Å². The second kappa shape index (κ2) is 7.23. The Morgan fingerprint density at radius 3 is 3.17 bits per heavy atom. The Morgan fingerprint density at radius 2 is 2.35 bits per heavy atom. The number of hydrogen-bond acceptors (Lipinski definition) is 5. The zero-order valence-electron chi connectivity index (χ0n) is 13.6. The minimum Gasteiger partial charge on any atom is -0.342 e. The minimum absolute atomic E-state index is 0.0415. The van der Waals surface area contributed by atoms with Crippen LogP contribution in [0.3, 0.4) is 0 Å². The first kappa shape index (κ1) is 16.1. The van der Waals surface area contributed by atoms with Crippen LogP contribution in [0, 0.1) is 0 Å². The lowest BCUT2D eigenvalue weighted by molar-refractivity contribution is 0.0938. The zero-order valence-corrected chi connectivity index (χ0v) is 14.4. The topological polar surface area (TPSA) is 71.8 Å². The first-order valence-corrected chi connectivity index (χ1v) is 9.08. The summed E-state index contributed by atoms with van der Waals surface area (Å²) in [5.74, 6) is 1.79. The summed E-state index contributed by atoms with van der Waals surface area (Å²) in [7, 11) is 0. The van der Waals surface area contributed by atoms with Crippen molar-refractivity contribution < 1.29 is 4.79 Å². The Bertz CT molecular complexity index is 678. The lowest BCUT2D eigenvalue weighted by atomic mass is 10.2. The molecule has 124 valence electrons. The summed E-state index contributed by atoms with van der Waals surface area (Å²) in [5.41, 5.74) is 0.738. The molecule has 3 rings (SSSR count). The molecule has 0 bridgehead atoms. The van der Waals surface area contributed by atoms with Gasteiger partial charge in [0.05, 0.1) is 11.6 Å². The average molecular weight is 333 g/mol. The molecule has 1 unspecified atom stereocenters. The Balaban J connectivity index is 1.70. The molecule has 0 spiro atoms. The van der Waals surface area contributed by atoms with Gasteiger partial charge < -0.3 is 15.2 Å². The molecule has 3 heterocycles. The van der Waals surface area contributed by atoms with E-state index in [1.165, 1.54) is 4.88 Å². The van der Waals surface area contributed by atoms with Crippen molar-refractivity contribution in [3.05, 3.63) is 33.5 Å². The molecule has 2 N–H and O–H groups in total. The SMILES string of the molecule is CCCc1cc(C(=O)NC(C)c2nnc3n2CCNCC3)cs1. The van der Waals surface area contributed by atoms with E-state index in [2.05, 4.69) is 32.3 Å². The van der Waals surface area contributed by atoms with Crippen molar-refractivity contribution in [2.75, 3.05) is 13.1 Å². The first-order valence-electron chi connectivity index (χ1n) is 8.20. The fourth-order valence-corrected chi connectivity index (χ4v) is 3.81. The van der Waals surface area contributed by atoms with Gasteiger partial charge in [-0.1, -0.05) is 13.3 Å². The smallest absolute Gasteiger partial charge is 0.252 e.